The summed E-state index contributed by atoms with van der Waals surface area (Å²) in [5.74, 6) is 0. The molecule has 0 aliphatic carbocycles. The van der Waals surface area contributed by atoms with Crippen molar-refractivity contribution in [2.24, 2.45) is 0 Å². The molecule has 0 amide bonds. The van der Waals surface area contributed by atoms with Crippen LogP contribution in [0.1, 0.15) is 35.3 Å². The fraction of sp³-hybridized carbons (Fsp3) is 0.0909. The Kier molecular flexibility index (Phi) is 3.47. The Hall–Kier alpha value is -3.60. The van der Waals surface area contributed by atoms with Crippen LogP contribution in [0.5, 0.6) is 0 Å². The lowest BCUT2D eigenvalue weighted by Gasteiger charge is -1.94. The van der Waals surface area contributed by atoms with Crippen LogP contribution in [-0.2, 0) is 6.42 Å². The number of hydrogen-bond donors (Lipinski definition) is 3. The summed E-state index contributed by atoms with van der Waals surface area (Å²) in [6.07, 6.45) is 8.89. The van der Waals surface area contributed by atoms with E-state index in [-0.39, 0.29) is 0 Å². The highest BCUT2D eigenvalue weighted by molar-refractivity contribution is 5.86. The van der Waals surface area contributed by atoms with Gasteiger partial charge in [-0.2, -0.15) is 0 Å². The third-order valence-electron chi connectivity index (χ3n) is 4.85. The minimum absolute atomic E-state index is 0.772. The molecule has 0 atom stereocenters. The second kappa shape index (κ2) is 5.99. The van der Waals surface area contributed by atoms with Crippen LogP contribution in [0.3, 0.4) is 0 Å². The van der Waals surface area contributed by atoms with Crippen molar-refractivity contribution in [3.8, 4) is 0 Å². The number of anilines is 1. The molecule has 8 bridgehead atoms. The molecule has 0 unspecified atom stereocenters. The number of aromatic nitrogens is 4. The predicted octanol–water partition coefficient (Wildman–Crippen LogP) is 4.80. The maximum Gasteiger partial charge on any atom is 0.0659 e. The fourth-order valence-corrected chi connectivity index (χ4v) is 3.54. The molecule has 3 aromatic heterocycles. The van der Waals surface area contributed by atoms with Crippen molar-refractivity contribution in [3.05, 3.63) is 64.7 Å². The maximum atomic E-state index is 6.40. The van der Waals surface area contributed by atoms with Crippen molar-refractivity contribution < 1.29 is 0 Å². The number of H-pyrrole nitrogens is 2. The molecule has 5 rings (SSSR count). The molecule has 0 saturated carbocycles. The molecule has 0 fully saturated rings. The van der Waals surface area contributed by atoms with Crippen LogP contribution >= 0.6 is 0 Å². The van der Waals surface area contributed by atoms with Gasteiger partial charge in [-0.15, -0.1) is 0 Å². The van der Waals surface area contributed by atoms with Crippen LogP contribution in [0.4, 0.5) is 5.69 Å². The standard InChI is InChI=1S/C22H19N5/c1-2-19-20-11-17-7-5-15(25-17)9-13-3-4-14(24-13)10-16-6-8-18(26-16)12-21(27-20)22(19)23/h3-12,24,27H,2,23H2,1H3. The number of nitrogens with two attached hydrogens (primary N) is 1. The first kappa shape index (κ1) is 15.6. The molecular formula is C22H19N5. The molecule has 0 aromatic carbocycles. The van der Waals surface area contributed by atoms with E-state index < -0.39 is 0 Å². The van der Waals surface area contributed by atoms with Gasteiger partial charge in [0.25, 0.3) is 0 Å². The van der Waals surface area contributed by atoms with Crippen molar-refractivity contribution in [1.82, 2.24) is 19.9 Å². The Labute approximate surface area is 156 Å². The van der Waals surface area contributed by atoms with Gasteiger partial charge in [0.2, 0.25) is 0 Å². The van der Waals surface area contributed by atoms with Gasteiger partial charge in [-0.05, 0) is 67.1 Å². The third-order valence-corrected chi connectivity index (χ3v) is 4.85. The fourth-order valence-electron chi connectivity index (χ4n) is 3.54. The van der Waals surface area contributed by atoms with Crippen LogP contribution in [0.2, 0.25) is 0 Å². The molecule has 27 heavy (non-hydrogen) atoms. The lowest BCUT2D eigenvalue weighted by atomic mass is 10.1. The average molecular weight is 353 g/mol. The highest BCUT2D eigenvalue weighted by Crippen LogP contribution is 2.26. The summed E-state index contributed by atoms with van der Waals surface area (Å²) in [6.45, 7) is 2.11. The van der Waals surface area contributed by atoms with Gasteiger partial charge in [0, 0.05) is 22.1 Å². The first-order valence-electron chi connectivity index (χ1n) is 9.04. The van der Waals surface area contributed by atoms with Gasteiger partial charge < -0.3 is 15.7 Å². The lowest BCUT2D eigenvalue weighted by molar-refractivity contribution is 1.17. The summed E-state index contributed by atoms with van der Waals surface area (Å²) < 4.78 is 0. The van der Waals surface area contributed by atoms with E-state index in [0.29, 0.717) is 0 Å². The highest BCUT2D eigenvalue weighted by atomic mass is 14.8. The van der Waals surface area contributed by atoms with Gasteiger partial charge in [-0.3, -0.25) is 0 Å². The number of nitrogens with one attached hydrogen (secondary N) is 2. The van der Waals surface area contributed by atoms with E-state index in [9.17, 15) is 0 Å². The summed E-state index contributed by atoms with van der Waals surface area (Å²) in [6, 6.07) is 12.2. The van der Waals surface area contributed by atoms with E-state index >= 15 is 0 Å². The first-order valence-corrected chi connectivity index (χ1v) is 9.04. The zero-order chi connectivity index (χ0) is 18.4. The average Bonchev–Trinajstić information content (AvgIpc) is 3.41. The Bertz CT molecular complexity index is 1270. The quantitative estimate of drug-likeness (QED) is 0.405. The second-order valence-electron chi connectivity index (χ2n) is 6.73. The molecule has 5 nitrogen and oxygen atoms in total. The second-order valence-corrected chi connectivity index (χ2v) is 6.73. The van der Waals surface area contributed by atoms with Crippen molar-refractivity contribution in [1.29, 1.82) is 0 Å². The van der Waals surface area contributed by atoms with E-state index in [2.05, 4.69) is 21.9 Å². The Balaban J connectivity index is 1.89. The molecule has 5 heterocycles. The van der Waals surface area contributed by atoms with E-state index in [1.165, 1.54) is 0 Å². The third kappa shape index (κ3) is 2.83. The highest BCUT2D eigenvalue weighted by Gasteiger charge is 2.08. The molecule has 5 heteroatoms. The molecule has 0 radical (unpaired) electrons. The molecule has 2 aliphatic heterocycles. The number of nitrogens with zero attached hydrogens (tertiary/aromatic N) is 2. The number of aryl methyl sites for hydroxylation is 1. The number of fused-ring (bicyclic) bond motifs is 8. The number of rotatable bonds is 1. The molecule has 0 saturated heterocycles. The molecule has 132 valence electrons. The predicted molar refractivity (Wildman–Crippen MR) is 113 cm³/mol. The molecule has 2 aliphatic rings. The van der Waals surface area contributed by atoms with Crippen molar-refractivity contribution in [3.63, 3.8) is 0 Å². The molecular weight excluding hydrogens is 334 g/mol. The topological polar surface area (TPSA) is 83.4 Å². The van der Waals surface area contributed by atoms with Crippen LogP contribution in [0.15, 0.2) is 36.4 Å². The zero-order valence-electron chi connectivity index (χ0n) is 15.0. The summed E-state index contributed by atoms with van der Waals surface area (Å²) >= 11 is 0. The monoisotopic (exact) mass is 353 g/mol. The van der Waals surface area contributed by atoms with Crippen molar-refractivity contribution in [2.75, 3.05) is 5.73 Å². The van der Waals surface area contributed by atoms with Crippen LogP contribution < -0.4 is 5.73 Å². The zero-order valence-corrected chi connectivity index (χ0v) is 15.0. The minimum Gasteiger partial charge on any atom is -0.397 e. The summed E-state index contributed by atoms with van der Waals surface area (Å²) in [4.78, 5) is 16.2. The van der Waals surface area contributed by atoms with E-state index in [4.69, 9.17) is 10.7 Å². The normalized spacial score (nSPS) is 12.6. The Morgan fingerprint density at radius 3 is 1.81 bits per heavy atom. The lowest BCUT2D eigenvalue weighted by Crippen LogP contribution is -1.88. The number of aromatic amines is 2. The van der Waals surface area contributed by atoms with Gasteiger partial charge in [0.15, 0.2) is 0 Å². The van der Waals surface area contributed by atoms with Gasteiger partial charge in [0.1, 0.15) is 0 Å². The van der Waals surface area contributed by atoms with E-state index in [0.717, 1.165) is 62.5 Å². The van der Waals surface area contributed by atoms with Crippen LogP contribution in [0, 0.1) is 0 Å². The minimum atomic E-state index is 0.772. The number of nitrogen functional groups attached to an aromatic ring is 1. The smallest absolute Gasteiger partial charge is 0.0659 e. The van der Waals surface area contributed by atoms with Gasteiger partial charge in [0.05, 0.1) is 34.0 Å². The summed E-state index contributed by atoms with van der Waals surface area (Å²) in [7, 11) is 0. The number of hydrogen-bond acceptors (Lipinski definition) is 3. The van der Waals surface area contributed by atoms with Crippen LogP contribution in [0.25, 0.3) is 46.4 Å². The first-order chi connectivity index (χ1) is 13.2. The largest absolute Gasteiger partial charge is 0.397 e. The van der Waals surface area contributed by atoms with Gasteiger partial charge >= 0.3 is 0 Å². The van der Waals surface area contributed by atoms with Crippen molar-refractivity contribution >= 4 is 52.1 Å². The molecule has 4 N–H and O–H groups in total. The Morgan fingerprint density at radius 1 is 0.741 bits per heavy atom. The van der Waals surface area contributed by atoms with Crippen LogP contribution in [-0.4, -0.2) is 19.9 Å². The Morgan fingerprint density at radius 2 is 1.26 bits per heavy atom. The van der Waals surface area contributed by atoms with Gasteiger partial charge in [-0.1, -0.05) is 6.92 Å². The van der Waals surface area contributed by atoms with Gasteiger partial charge in [-0.25, -0.2) is 9.97 Å². The van der Waals surface area contributed by atoms with E-state index in [1.54, 1.807) is 0 Å². The SMILES string of the molecule is CCc1c(N)c2cc3nc(cc4ccc(cc5nc(cc1[nH]2)C=C5)[nH]4)C=C3. The molecule has 3 aromatic rings. The maximum absolute atomic E-state index is 6.40. The van der Waals surface area contributed by atoms with Crippen molar-refractivity contribution in [2.45, 2.75) is 13.3 Å². The molecule has 0 spiro atoms. The summed E-state index contributed by atoms with van der Waals surface area (Å²) in [5.41, 5.74) is 15.8. The summed E-state index contributed by atoms with van der Waals surface area (Å²) in [5, 5.41) is 0. The van der Waals surface area contributed by atoms with E-state index in [1.807, 2.05) is 60.7 Å².